The molecule has 132 valence electrons. The summed E-state index contributed by atoms with van der Waals surface area (Å²) in [6.45, 7) is -0.492. The molecule has 0 saturated heterocycles. The summed E-state index contributed by atoms with van der Waals surface area (Å²) in [5.41, 5.74) is 2.62. The van der Waals surface area contributed by atoms with E-state index in [1.165, 1.54) is 30.3 Å². The Labute approximate surface area is 150 Å². The predicted octanol–water partition coefficient (Wildman–Crippen LogP) is 2.40. The highest BCUT2D eigenvalue weighted by molar-refractivity contribution is 7.92. The first-order chi connectivity index (χ1) is 11.8. The van der Waals surface area contributed by atoms with E-state index in [0.29, 0.717) is 5.02 Å². The van der Waals surface area contributed by atoms with E-state index in [-0.39, 0.29) is 11.3 Å². The number of halogens is 2. The van der Waals surface area contributed by atoms with Crippen LogP contribution in [0.15, 0.2) is 53.6 Å². The molecule has 1 amide bonds. The third-order valence-electron chi connectivity index (χ3n) is 3.08. The zero-order valence-corrected chi connectivity index (χ0v) is 14.8. The maximum Gasteiger partial charge on any atom is 0.260 e. The lowest BCUT2D eigenvalue weighted by molar-refractivity contribution is -0.119. The van der Waals surface area contributed by atoms with Crippen molar-refractivity contribution in [2.75, 3.05) is 17.1 Å². The molecule has 1 N–H and O–H groups in total. The largest absolute Gasteiger partial charge is 0.271 e. The summed E-state index contributed by atoms with van der Waals surface area (Å²) in [6.07, 6.45) is 2.11. The number of rotatable bonds is 6. The average Bonchev–Trinajstić information content (AvgIpc) is 2.53. The maximum absolute atomic E-state index is 13.4. The monoisotopic (exact) mass is 383 g/mol. The molecule has 0 unspecified atom stereocenters. The van der Waals surface area contributed by atoms with E-state index in [2.05, 4.69) is 10.5 Å². The van der Waals surface area contributed by atoms with Gasteiger partial charge < -0.3 is 0 Å². The highest BCUT2D eigenvalue weighted by Gasteiger charge is 2.20. The standard InChI is InChI=1S/C16H15ClFN3O3S/c1-25(23,24)21(14-7-4-6-13(17)9-14)11-16(22)20-19-10-12-5-2-3-8-15(12)18/h2-10H,11H2,1H3,(H,20,22)/b19-10-. The van der Waals surface area contributed by atoms with E-state index in [1.807, 2.05) is 0 Å². The van der Waals surface area contributed by atoms with Gasteiger partial charge in [0.1, 0.15) is 12.4 Å². The minimum atomic E-state index is -3.71. The zero-order chi connectivity index (χ0) is 18.4. The van der Waals surface area contributed by atoms with Crippen LogP contribution in [0.25, 0.3) is 0 Å². The van der Waals surface area contributed by atoms with Gasteiger partial charge in [-0.1, -0.05) is 35.9 Å². The molecule has 0 aromatic heterocycles. The molecule has 0 radical (unpaired) electrons. The number of hydrogen-bond acceptors (Lipinski definition) is 4. The summed E-state index contributed by atoms with van der Waals surface area (Å²) in [5.74, 6) is -1.17. The Bertz CT molecular complexity index is 903. The van der Waals surface area contributed by atoms with Crippen LogP contribution in [0.3, 0.4) is 0 Å². The topological polar surface area (TPSA) is 78.8 Å². The quantitative estimate of drug-likeness (QED) is 0.614. The molecule has 0 heterocycles. The van der Waals surface area contributed by atoms with Crippen molar-refractivity contribution >= 4 is 39.4 Å². The normalized spacial score (nSPS) is 11.5. The highest BCUT2D eigenvalue weighted by Crippen LogP contribution is 2.21. The van der Waals surface area contributed by atoms with E-state index < -0.39 is 28.3 Å². The summed E-state index contributed by atoms with van der Waals surface area (Å²) < 4.78 is 38.2. The molecule has 0 bridgehead atoms. The van der Waals surface area contributed by atoms with Crippen molar-refractivity contribution in [3.05, 3.63) is 64.9 Å². The SMILES string of the molecule is CS(=O)(=O)N(CC(=O)N/N=C\c1ccccc1F)c1cccc(Cl)c1. The highest BCUT2D eigenvalue weighted by atomic mass is 35.5. The summed E-state index contributed by atoms with van der Waals surface area (Å²) >= 11 is 5.86. The van der Waals surface area contributed by atoms with Crippen molar-refractivity contribution in [2.45, 2.75) is 0 Å². The van der Waals surface area contributed by atoms with Crippen LogP contribution < -0.4 is 9.73 Å². The van der Waals surface area contributed by atoms with Crippen LogP contribution in [0.5, 0.6) is 0 Å². The van der Waals surface area contributed by atoms with Crippen LogP contribution in [0.1, 0.15) is 5.56 Å². The number of nitrogens with zero attached hydrogens (tertiary/aromatic N) is 2. The van der Waals surface area contributed by atoms with Gasteiger partial charge in [0.05, 0.1) is 18.2 Å². The van der Waals surface area contributed by atoms with Gasteiger partial charge in [-0.3, -0.25) is 9.10 Å². The number of carbonyl (C=O) groups excluding carboxylic acids is 1. The Kier molecular flexibility index (Phi) is 6.11. The fourth-order valence-corrected chi connectivity index (χ4v) is 2.98. The van der Waals surface area contributed by atoms with Gasteiger partial charge >= 0.3 is 0 Å². The van der Waals surface area contributed by atoms with Gasteiger partial charge in [-0.15, -0.1) is 0 Å². The second-order valence-corrected chi connectivity index (χ2v) is 7.41. The Morgan fingerprint density at radius 2 is 2.00 bits per heavy atom. The smallest absolute Gasteiger partial charge is 0.260 e. The van der Waals surface area contributed by atoms with Crippen LogP contribution in [-0.4, -0.2) is 33.3 Å². The van der Waals surface area contributed by atoms with Gasteiger partial charge in [-0.25, -0.2) is 18.2 Å². The molecule has 9 heteroatoms. The number of amides is 1. The second kappa shape index (κ2) is 8.09. The summed E-state index contributed by atoms with van der Waals surface area (Å²) in [6, 6.07) is 12.0. The Morgan fingerprint density at radius 3 is 2.64 bits per heavy atom. The zero-order valence-electron chi connectivity index (χ0n) is 13.2. The van der Waals surface area contributed by atoms with Gasteiger partial charge in [0.15, 0.2) is 0 Å². The molecule has 6 nitrogen and oxygen atoms in total. The van der Waals surface area contributed by atoms with E-state index in [1.54, 1.807) is 18.2 Å². The molecule has 0 aliphatic carbocycles. The van der Waals surface area contributed by atoms with Gasteiger partial charge in [0.2, 0.25) is 10.0 Å². The first-order valence-electron chi connectivity index (χ1n) is 7.07. The Hall–Kier alpha value is -2.45. The lowest BCUT2D eigenvalue weighted by atomic mass is 10.2. The van der Waals surface area contributed by atoms with E-state index >= 15 is 0 Å². The third-order valence-corrected chi connectivity index (χ3v) is 4.46. The Morgan fingerprint density at radius 1 is 1.28 bits per heavy atom. The number of sulfonamides is 1. The molecular formula is C16H15ClFN3O3S. The first kappa shape index (κ1) is 18.9. The number of hydrogen-bond donors (Lipinski definition) is 1. The predicted molar refractivity (Wildman–Crippen MR) is 95.8 cm³/mol. The van der Waals surface area contributed by atoms with Gasteiger partial charge in [-0.05, 0) is 24.3 Å². The van der Waals surface area contributed by atoms with E-state index in [4.69, 9.17) is 11.6 Å². The molecular weight excluding hydrogens is 369 g/mol. The van der Waals surface area contributed by atoms with Crippen LogP contribution in [-0.2, 0) is 14.8 Å². The van der Waals surface area contributed by atoms with Crippen LogP contribution >= 0.6 is 11.6 Å². The molecule has 0 spiro atoms. The van der Waals surface area contributed by atoms with Gasteiger partial charge in [0.25, 0.3) is 5.91 Å². The second-order valence-electron chi connectivity index (χ2n) is 5.06. The lowest BCUT2D eigenvalue weighted by Crippen LogP contribution is -2.39. The molecule has 2 rings (SSSR count). The molecule has 0 saturated carbocycles. The van der Waals surface area contributed by atoms with Crippen molar-refractivity contribution in [1.29, 1.82) is 0 Å². The molecule has 0 atom stereocenters. The fraction of sp³-hybridized carbons (Fsp3) is 0.125. The van der Waals surface area contributed by atoms with E-state index in [9.17, 15) is 17.6 Å². The molecule has 0 fully saturated rings. The minimum absolute atomic E-state index is 0.192. The lowest BCUT2D eigenvalue weighted by Gasteiger charge is -2.21. The van der Waals surface area contributed by atoms with Crippen molar-refractivity contribution in [3.8, 4) is 0 Å². The number of anilines is 1. The van der Waals surface area contributed by atoms with Gasteiger partial charge in [-0.2, -0.15) is 5.10 Å². The molecule has 25 heavy (non-hydrogen) atoms. The molecule has 2 aromatic rings. The third kappa shape index (κ3) is 5.54. The maximum atomic E-state index is 13.4. The fourth-order valence-electron chi connectivity index (χ4n) is 1.95. The van der Waals surface area contributed by atoms with Crippen molar-refractivity contribution < 1.29 is 17.6 Å². The Balaban J connectivity index is 2.09. The number of hydrazone groups is 1. The summed E-state index contributed by atoms with van der Waals surface area (Å²) in [7, 11) is -3.71. The van der Waals surface area contributed by atoms with Gasteiger partial charge in [0, 0.05) is 10.6 Å². The van der Waals surface area contributed by atoms with Crippen LogP contribution in [0, 0.1) is 5.82 Å². The number of benzene rings is 2. The first-order valence-corrected chi connectivity index (χ1v) is 9.30. The van der Waals surface area contributed by atoms with Crippen LogP contribution in [0.2, 0.25) is 5.02 Å². The molecule has 0 aliphatic rings. The molecule has 0 aliphatic heterocycles. The number of nitrogens with one attached hydrogen (secondary N) is 1. The molecule has 2 aromatic carbocycles. The number of carbonyl (C=O) groups is 1. The van der Waals surface area contributed by atoms with Crippen molar-refractivity contribution in [2.24, 2.45) is 5.10 Å². The van der Waals surface area contributed by atoms with Crippen molar-refractivity contribution in [3.63, 3.8) is 0 Å². The van der Waals surface area contributed by atoms with Crippen LogP contribution in [0.4, 0.5) is 10.1 Å². The minimum Gasteiger partial charge on any atom is -0.271 e. The summed E-state index contributed by atoms with van der Waals surface area (Å²) in [4.78, 5) is 12.0. The average molecular weight is 384 g/mol. The summed E-state index contributed by atoms with van der Waals surface area (Å²) in [5, 5.41) is 3.97. The van der Waals surface area contributed by atoms with E-state index in [0.717, 1.165) is 16.8 Å². The van der Waals surface area contributed by atoms with Crippen molar-refractivity contribution in [1.82, 2.24) is 5.43 Å².